The van der Waals surface area contributed by atoms with Crippen molar-refractivity contribution in [1.82, 2.24) is 4.98 Å². The summed E-state index contributed by atoms with van der Waals surface area (Å²) >= 11 is 0. The monoisotopic (exact) mass is 216 g/mol. The van der Waals surface area contributed by atoms with Crippen LogP contribution in [0.4, 0.5) is 18.9 Å². The summed E-state index contributed by atoms with van der Waals surface area (Å²) in [6.07, 6.45) is -2.07. The predicted molar refractivity (Wildman–Crippen MR) is 50.2 cm³/mol. The minimum Gasteiger partial charge on any atom is -0.397 e. The predicted octanol–water partition coefficient (Wildman–Crippen LogP) is 2.65. The van der Waals surface area contributed by atoms with E-state index in [1.165, 1.54) is 18.3 Å². The number of hydrogen-bond acceptors (Lipinski definition) is 2. The highest BCUT2D eigenvalue weighted by atomic mass is 19.4. The van der Waals surface area contributed by atoms with Gasteiger partial charge in [-0.25, -0.2) is 0 Å². The van der Waals surface area contributed by atoms with Crippen molar-refractivity contribution in [2.75, 3.05) is 5.73 Å². The van der Waals surface area contributed by atoms with Crippen molar-refractivity contribution >= 4 is 5.69 Å². The van der Waals surface area contributed by atoms with Gasteiger partial charge in [-0.3, -0.25) is 4.98 Å². The zero-order valence-electron chi connectivity index (χ0n) is 8.01. The van der Waals surface area contributed by atoms with E-state index < -0.39 is 11.6 Å². The van der Waals surface area contributed by atoms with Crippen molar-refractivity contribution in [3.05, 3.63) is 24.0 Å². The van der Waals surface area contributed by atoms with E-state index in [2.05, 4.69) is 4.98 Å². The normalized spacial score (nSPS) is 19.7. The van der Waals surface area contributed by atoms with Gasteiger partial charge in [0.2, 0.25) is 0 Å². The molecular weight excluding hydrogens is 205 g/mol. The highest BCUT2D eigenvalue weighted by molar-refractivity contribution is 5.37. The van der Waals surface area contributed by atoms with Gasteiger partial charge >= 0.3 is 6.18 Å². The van der Waals surface area contributed by atoms with Crippen LogP contribution in [0.5, 0.6) is 0 Å². The van der Waals surface area contributed by atoms with Gasteiger partial charge in [0.05, 0.1) is 17.6 Å². The molecule has 0 aliphatic heterocycles. The van der Waals surface area contributed by atoms with Gasteiger partial charge in [0.25, 0.3) is 0 Å². The number of rotatable bonds is 1. The van der Waals surface area contributed by atoms with Crippen molar-refractivity contribution in [2.45, 2.75) is 30.9 Å². The number of halogens is 3. The van der Waals surface area contributed by atoms with E-state index in [4.69, 9.17) is 5.73 Å². The lowest BCUT2D eigenvalue weighted by atomic mass is 9.66. The van der Waals surface area contributed by atoms with Crippen LogP contribution in [0.25, 0.3) is 0 Å². The van der Waals surface area contributed by atoms with Gasteiger partial charge in [-0.05, 0) is 25.0 Å². The molecule has 0 spiro atoms. The van der Waals surface area contributed by atoms with Gasteiger partial charge in [0.15, 0.2) is 0 Å². The number of pyridine rings is 1. The lowest BCUT2D eigenvalue weighted by Gasteiger charge is -2.42. The first-order chi connectivity index (χ1) is 6.96. The molecule has 1 fully saturated rings. The number of nitrogen functional groups attached to an aromatic ring is 1. The van der Waals surface area contributed by atoms with Gasteiger partial charge in [-0.1, -0.05) is 6.42 Å². The average molecular weight is 216 g/mol. The van der Waals surface area contributed by atoms with Crippen LogP contribution in [-0.4, -0.2) is 11.2 Å². The molecule has 5 heteroatoms. The highest BCUT2D eigenvalue weighted by Crippen LogP contribution is 2.53. The third-order valence-corrected chi connectivity index (χ3v) is 3.03. The lowest BCUT2D eigenvalue weighted by molar-refractivity contribution is -0.214. The Morgan fingerprint density at radius 1 is 1.27 bits per heavy atom. The fraction of sp³-hybridized carbons (Fsp3) is 0.500. The van der Waals surface area contributed by atoms with E-state index in [-0.39, 0.29) is 18.5 Å². The van der Waals surface area contributed by atoms with Crippen LogP contribution in [0.1, 0.15) is 25.0 Å². The fourth-order valence-electron chi connectivity index (χ4n) is 1.90. The highest BCUT2D eigenvalue weighted by Gasteiger charge is 2.60. The summed E-state index contributed by atoms with van der Waals surface area (Å²) in [5.74, 6) is 0. The first-order valence-corrected chi connectivity index (χ1v) is 4.74. The maximum atomic E-state index is 12.9. The van der Waals surface area contributed by atoms with Crippen LogP contribution in [0, 0.1) is 0 Å². The standard InChI is InChI=1S/C10H11F3N2/c11-10(12,13)9(4-1-5-9)8-3-2-7(14)6-15-8/h2-3,6H,1,4-5,14H2. The Hall–Kier alpha value is -1.26. The van der Waals surface area contributed by atoms with E-state index in [9.17, 15) is 13.2 Å². The molecule has 2 nitrogen and oxygen atoms in total. The number of hydrogen-bond donors (Lipinski definition) is 1. The second-order valence-corrected chi connectivity index (χ2v) is 3.91. The summed E-state index contributed by atoms with van der Waals surface area (Å²) in [4.78, 5) is 3.79. The largest absolute Gasteiger partial charge is 0.399 e. The maximum absolute atomic E-state index is 12.9. The first-order valence-electron chi connectivity index (χ1n) is 4.74. The maximum Gasteiger partial charge on any atom is 0.399 e. The molecule has 0 aromatic carbocycles. The Balaban J connectivity index is 2.39. The summed E-state index contributed by atoms with van der Waals surface area (Å²) in [5.41, 5.74) is 4.15. The van der Waals surface area contributed by atoms with E-state index in [0.29, 0.717) is 12.1 Å². The topological polar surface area (TPSA) is 38.9 Å². The summed E-state index contributed by atoms with van der Waals surface area (Å²) in [7, 11) is 0. The van der Waals surface area contributed by atoms with Crippen molar-refractivity contribution in [1.29, 1.82) is 0 Å². The van der Waals surface area contributed by atoms with Crippen LogP contribution in [0.3, 0.4) is 0 Å². The second-order valence-electron chi connectivity index (χ2n) is 3.91. The van der Waals surface area contributed by atoms with E-state index in [0.717, 1.165) is 0 Å². The minimum atomic E-state index is -4.21. The lowest BCUT2D eigenvalue weighted by Crippen LogP contribution is -2.48. The van der Waals surface area contributed by atoms with Crippen molar-refractivity contribution in [3.8, 4) is 0 Å². The number of nitrogens with zero attached hydrogens (tertiary/aromatic N) is 1. The molecule has 0 saturated heterocycles. The quantitative estimate of drug-likeness (QED) is 0.783. The number of alkyl halides is 3. The molecule has 15 heavy (non-hydrogen) atoms. The molecule has 1 heterocycles. The molecule has 2 rings (SSSR count). The molecule has 82 valence electrons. The van der Waals surface area contributed by atoms with Gasteiger partial charge < -0.3 is 5.73 Å². The van der Waals surface area contributed by atoms with Gasteiger partial charge in [-0.15, -0.1) is 0 Å². The third kappa shape index (κ3) is 1.46. The minimum absolute atomic E-state index is 0.0930. The Kier molecular flexibility index (Phi) is 2.13. The second kappa shape index (κ2) is 3.12. The summed E-state index contributed by atoms with van der Waals surface area (Å²) in [6, 6.07) is 2.84. The number of aromatic nitrogens is 1. The van der Waals surface area contributed by atoms with E-state index in [1.54, 1.807) is 0 Å². The molecule has 1 aromatic rings. The zero-order valence-corrected chi connectivity index (χ0v) is 8.01. The van der Waals surface area contributed by atoms with Gasteiger partial charge in [0, 0.05) is 0 Å². The Morgan fingerprint density at radius 3 is 2.27 bits per heavy atom. The van der Waals surface area contributed by atoms with Crippen molar-refractivity contribution < 1.29 is 13.2 Å². The van der Waals surface area contributed by atoms with Crippen molar-refractivity contribution in [2.24, 2.45) is 0 Å². The third-order valence-electron chi connectivity index (χ3n) is 3.03. The van der Waals surface area contributed by atoms with Gasteiger partial charge in [-0.2, -0.15) is 13.2 Å². The molecule has 1 aliphatic carbocycles. The number of nitrogens with two attached hydrogens (primary N) is 1. The van der Waals surface area contributed by atoms with Crippen LogP contribution in [-0.2, 0) is 5.41 Å². The van der Waals surface area contributed by atoms with Crippen LogP contribution in [0.2, 0.25) is 0 Å². The van der Waals surface area contributed by atoms with Crippen molar-refractivity contribution in [3.63, 3.8) is 0 Å². The van der Waals surface area contributed by atoms with Crippen LogP contribution < -0.4 is 5.73 Å². The molecule has 0 atom stereocenters. The van der Waals surface area contributed by atoms with Gasteiger partial charge in [0.1, 0.15) is 5.41 Å². The Morgan fingerprint density at radius 2 is 1.93 bits per heavy atom. The molecule has 0 radical (unpaired) electrons. The molecule has 0 amide bonds. The molecule has 1 saturated carbocycles. The van der Waals surface area contributed by atoms with E-state index in [1.807, 2.05) is 0 Å². The molecule has 1 aliphatic rings. The zero-order chi connectivity index (χ0) is 11.1. The molecule has 0 unspecified atom stereocenters. The smallest absolute Gasteiger partial charge is 0.397 e. The summed E-state index contributed by atoms with van der Waals surface area (Å²) < 4.78 is 38.6. The molecule has 0 bridgehead atoms. The average Bonchev–Trinajstić information content (AvgIpc) is 2.03. The van der Waals surface area contributed by atoms with Crippen LogP contribution >= 0.6 is 0 Å². The molecule has 1 aromatic heterocycles. The summed E-state index contributed by atoms with van der Waals surface area (Å²) in [5, 5.41) is 0. The van der Waals surface area contributed by atoms with Crippen LogP contribution in [0.15, 0.2) is 18.3 Å². The SMILES string of the molecule is Nc1ccc(C2(C(F)(F)F)CCC2)nc1. The van der Waals surface area contributed by atoms with E-state index >= 15 is 0 Å². The molecule has 2 N–H and O–H groups in total. The Labute approximate surface area is 85.3 Å². The first kappa shape index (κ1) is 10.3. The number of anilines is 1. The molecular formula is C10H11F3N2. The fourth-order valence-corrected chi connectivity index (χ4v) is 1.90. The Bertz CT molecular complexity index is 352. The summed E-state index contributed by atoms with van der Waals surface area (Å²) in [6.45, 7) is 0.